The summed E-state index contributed by atoms with van der Waals surface area (Å²) < 4.78 is 34.2. The second-order valence-corrected chi connectivity index (χ2v) is 16.5. The van der Waals surface area contributed by atoms with E-state index in [0.717, 1.165) is 70.6 Å². The van der Waals surface area contributed by atoms with Crippen LogP contribution in [0.3, 0.4) is 0 Å². The molecule has 0 aliphatic heterocycles. The Morgan fingerprint density at radius 1 is 0.588 bits per heavy atom. The number of ether oxygens (including phenoxy) is 2. The summed E-state index contributed by atoms with van der Waals surface area (Å²) in [6, 6.07) is 0. The smallest absolute Gasteiger partial charge is 0.462 e. The predicted molar refractivity (Wildman–Crippen MR) is 211 cm³/mol. The van der Waals surface area contributed by atoms with Crippen LogP contribution in [0.1, 0.15) is 174 Å². The lowest BCUT2D eigenvalue weighted by Gasteiger charge is -2.24. The Bertz CT molecular complexity index is 933. The molecule has 9 nitrogen and oxygen atoms in total. The standard InChI is InChI=1S/C41H78NO8P/c1-6-8-10-12-14-16-18-20-22-24-26-28-30-32-34-41(44)50-39(38-49-51(45,46)48-36-35-42(3,4)5)37-47-40(43)33-31-29-27-25-23-21-19-17-15-13-11-9-7-2/h17-20,39H,6-16,21-38H2,1-5H3/p+1/b19-17-,20-18-. The van der Waals surface area contributed by atoms with Crippen LogP contribution in [0.25, 0.3) is 0 Å². The summed E-state index contributed by atoms with van der Waals surface area (Å²) in [4.78, 5) is 35.2. The van der Waals surface area contributed by atoms with Gasteiger partial charge in [-0.15, -0.1) is 0 Å². The Morgan fingerprint density at radius 2 is 1.00 bits per heavy atom. The Hall–Kier alpha value is -1.51. The van der Waals surface area contributed by atoms with E-state index in [1.165, 1.54) is 70.6 Å². The number of likely N-dealkylation sites (N-methyl/N-ethyl adjacent to an activating group) is 1. The number of esters is 2. The second-order valence-electron chi connectivity index (χ2n) is 15.0. The number of unbranched alkanes of at least 4 members (excludes halogenated alkanes) is 19. The van der Waals surface area contributed by atoms with E-state index in [4.69, 9.17) is 18.5 Å². The highest BCUT2D eigenvalue weighted by molar-refractivity contribution is 7.47. The summed E-state index contributed by atoms with van der Waals surface area (Å²) in [5.74, 6) is -0.818. The fourth-order valence-corrected chi connectivity index (χ4v) is 6.16. The fraction of sp³-hybridized carbons (Fsp3) is 0.854. The third-order valence-electron chi connectivity index (χ3n) is 8.70. The van der Waals surface area contributed by atoms with Crippen molar-refractivity contribution in [2.24, 2.45) is 0 Å². The quantitative estimate of drug-likeness (QED) is 0.0220. The normalized spacial score (nSPS) is 13.9. The number of phosphoric ester groups is 1. The third kappa shape index (κ3) is 38.0. The van der Waals surface area contributed by atoms with Gasteiger partial charge in [-0.05, 0) is 64.2 Å². The molecular formula is C41H79NO8P+. The number of carbonyl (C=O) groups is 2. The number of quaternary nitrogens is 1. The van der Waals surface area contributed by atoms with Gasteiger partial charge < -0.3 is 18.9 Å². The van der Waals surface area contributed by atoms with Crippen molar-refractivity contribution in [2.45, 2.75) is 180 Å². The van der Waals surface area contributed by atoms with E-state index < -0.39 is 26.5 Å². The molecule has 0 aliphatic rings. The number of hydrogen-bond donors (Lipinski definition) is 1. The highest BCUT2D eigenvalue weighted by Crippen LogP contribution is 2.43. The number of rotatable bonds is 37. The maximum Gasteiger partial charge on any atom is 0.472 e. The number of phosphoric acid groups is 1. The van der Waals surface area contributed by atoms with Crippen molar-refractivity contribution in [3.63, 3.8) is 0 Å². The van der Waals surface area contributed by atoms with E-state index in [-0.39, 0.29) is 32.0 Å². The Kier molecular flexibility index (Phi) is 33.3. The molecule has 0 saturated heterocycles. The molecule has 300 valence electrons. The lowest BCUT2D eigenvalue weighted by molar-refractivity contribution is -0.870. The zero-order valence-electron chi connectivity index (χ0n) is 33.6. The molecule has 1 N–H and O–H groups in total. The number of nitrogens with zero attached hydrogens (tertiary/aromatic N) is 1. The minimum Gasteiger partial charge on any atom is -0.462 e. The largest absolute Gasteiger partial charge is 0.472 e. The van der Waals surface area contributed by atoms with Crippen molar-refractivity contribution in [3.05, 3.63) is 24.3 Å². The minimum absolute atomic E-state index is 0.0297. The van der Waals surface area contributed by atoms with E-state index in [2.05, 4.69) is 38.2 Å². The molecule has 0 heterocycles. The molecule has 0 aromatic heterocycles. The first kappa shape index (κ1) is 49.5. The zero-order valence-corrected chi connectivity index (χ0v) is 34.5. The topological polar surface area (TPSA) is 108 Å². The number of hydrogen-bond acceptors (Lipinski definition) is 7. The van der Waals surface area contributed by atoms with Crippen molar-refractivity contribution >= 4 is 19.8 Å². The molecule has 0 saturated carbocycles. The molecule has 0 radical (unpaired) electrons. The molecule has 0 fully saturated rings. The van der Waals surface area contributed by atoms with Crippen molar-refractivity contribution in [2.75, 3.05) is 47.5 Å². The maximum atomic E-state index is 12.6. The zero-order chi connectivity index (χ0) is 37.9. The monoisotopic (exact) mass is 745 g/mol. The van der Waals surface area contributed by atoms with Gasteiger partial charge in [0.2, 0.25) is 0 Å². The fourth-order valence-electron chi connectivity index (χ4n) is 5.41. The van der Waals surface area contributed by atoms with Crippen molar-refractivity contribution in [1.82, 2.24) is 0 Å². The van der Waals surface area contributed by atoms with Gasteiger partial charge in [0, 0.05) is 12.8 Å². The Morgan fingerprint density at radius 3 is 1.47 bits per heavy atom. The number of allylic oxidation sites excluding steroid dienone is 4. The van der Waals surface area contributed by atoms with Gasteiger partial charge in [-0.25, -0.2) is 4.57 Å². The molecule has 0 amide bonds. The van der Waals surface area contributed by atoms with Crippen LogP contribution in [0.2, 0.25) is 0 Å². The van der Waals surface area contributed by atoms with E-state index in [0.29, 0.717) is 17.4 Å². The summed E-state index contributed by atoms with van der Waals surface area (Å²) in [5.41, 5.74) is 0. The Balaban J connectivity index is 4.43. The van der Waals surface area contributed by atoms with Crippen LogP contribution in [0.5, 0.6) is 0 Å². The Labute approximate surface area is 313 Å². The van der Waals surface area contributed by atoms with E-state index in [1.54, 1.807) is 0 Å². The van der Waals surface area contributed by atoms with Crippen LogP contribution in [-0.2, 0) is 32.7 Å². The molecule has 0 aromatic rings. The molecule has 0 aliphatic carbocycles. The summed E-state index contributed by atoms with van der Waals surface area (Å²) in [7, 11) is 1.47. The highest BCUT2D eigenvalue weighted by atomic mass is 31.2. The van der Waals surface area contributed by atoms with Gasteiger partial charge in [0.05, 0.1) is 27.7 Å². The lowest BCUT2D eigenvalue weighted by Crippen LogP contribution is -2.37. The summed E-state index contributed by atoms with van der Waals surface area (Å²) in [5, 5.41) is 0. The van der Waals surface area contributed by atoms with Crippen LogP contribution in [0.15, 0.2) is 24.3 Å². The van der Waals surface area contributed by atoms with Gasteiger partial charge in [-0.3, -0.25) is 18.6 Å². The molecule has 51 heavy (non-hydrogen) atoms. The van der Waals surface area contributed by atoms with E-state index >= 15 is 0 Å². The lowest BCUT2D eigenvalue weighted by atomic mass is 10.1. The molecule has 0 aromatic carbocycles. The van der Waals surface area contributed by atoms with Gasteiger partial charge in [0.1, 0.15) is 19.8 Å². The first-order valence-electron chi connectivity index (χ1n) is 20.6. The van der Waals surface area contributed by atoms with E-state index in [9.17, 15) is 19.0 Å². The first-order valence-corrected chi connectivity index (χ1v) is 22.1. The molecule has 2 atom stereocenters. The minimum atomic E-state index is -4.37. The van der Waals surface area contributed by atoms with Gasteiger partial charge >= 0.3 is 19.8 Å². The van der Waals surface area contributed by atoms with Gasteiger partial charge in [0.25, 0.3) is 0 Å². The first-order chi connectivity index (χ1) is 24.5. The molecule has 0 bridgehead atoms. The van der Waals surface area contributed by atoms with Gasteiger partial charge in [-0.2, -0.15) is 0 Å². The van der Waals surface area contributed by atoms with Crippen LogP contribution in [0.4, 0.5) is 0 Å². The molecule has 0 rings (SSSR count). The average Bonchev–Trinajstić information content (AvgIpc) is 3.07. The van der Waals surface area contributed by atoms with Crippen molar-refractivity contribution in [3.8, 4) is 0 Å². The molecular weight excluding hydrogens is 665 g/mol. The van der Waals surface area contributed by atoms with Gasteiger partial charge in [-0.1, -0.05) is 122 Å². The highest BCUT2D eigenvalue weighted by Gasteiger charge is 2.27. The summed E-state index contributed by atoms with van der Waals surface area (Å²) in [6.45, 7) is 4.37. The number of carbonyl (C=O) groups excluding carboxylic acids is 2. The van der Waals surface area contributed by atoms with Gasteiger partial charge in [0.15, 0.2) is 6.10 Å². The van der Waals surface area contributed by atoms with Crippen LogP contribution >= 0.6 is 7.82 Å². The second kappa shape index (κ2) is 34.3. The van der Waals surface area contributed by atoms with E-state index in [1.807, 2.05) is 21.1 Å². The molecule has 10 heteroatoms. The summed E-state index contributed by atoms with van der Waals surface area (Å²) >= 11 is 0. The summed E-state index contributed by atoms with van der Waals surface area (Å²) in [6.07, 6.45) is 35.0. The van der Waals surface area contributed by atoms with Crippen LogP contribution < -0.4 is 0 Å². The van der Waals surface area contributed by atoms with Crippen molar-refractivity contribution in [1.29, 1.82) is 0 Å². The SMILES string of the molecule is CCCCCC/C=C\CCCCCCCC(=O)OCC(COP(=O)(O)OCC[N+](C)(C)C)OC(=O)CCCCCCC/C=C\CCCCCCC. The van der Waals surface area contributed by atoms with Crippen LogP contribution in [0, 0.1) is 0 Å². The third-order valence-corrected chi connectivity index (χ3v) is 9.69. The molecule has 2 unspecified atom stereocenters. The molecule has 0 spiro atoms. The average molecular weight is 745 g/mol. The van der Waals surface area contributed by atoms with Crippen LogP contribution in [-0.4, -0.2) is 74.9 Å². The predicted octanol–water partition coefficient (Wildman–Crippen LogP) is 11.2. The maximum absolute atomic E-state index is 12.6. The van der Waals surface area contributed by atoms with Crippen molar-refractivity contribution < 1.29 is 42.1 Å².